The Morgan fingerprint density at radius 3 is 2.48 bits per heavy atom. The Morgan fingerprint density at radius 1 is 1.32 bits per heavy atom. The minimum absolute atomic E-state index is 0.0400. The number of carboxylic acids is 1. The summed E-state index contributed by atoms with van der Waals surface area (Å²) in [5, 5.41) is 15.8. The summed E-state index contributed by atoms with van der Waals surface area (Å²) in [7, 11) is 0. The SMILES string of the molecule is CC(C)(C)OC(=O)N[C@@H](Cc1ccc(Cl)cc1)c1noc(C(=O)O)n1. The topological polar surface area (TPSA) is 115 Å². The minimum Gasteiger partial charge on any atom is -0.474 e. The number of hydrogen-bond acceptors (Lipinski definition) is 6. The highest BCUT2D eigenvalue weighted by Gasteiger charge is 2.25. The molecule has 0 aliphatic heterocycles. The van der Waals surface area contributed by atoms with Crippen molar-refractivity contribution in [3.8, 4) is 0 Å². The van der Waals surface area contributed by atoms with E-state index < -0.39 is 29.6 Å². The summed E-state index contributed by atoms with van der Waals surface area (Å²) >= 11 is 5.87. The molecule has 2 N–H and O–H groups in total. The molecule has 2 rings (SSSR count). The van der Waals surface area contributed by atoms with Gasteiger partial charge in [0.15, 0.2) is 5.82 Å². The highest BCUT2D eigenvalue weighted by Crippen LogP contribution is 2.19. The van der Waals surface area contributed by atoms with Gasteiger partial charge in [0.25, 0.3) is 0 Å². The number of carbonyl (C=O) groups is 2. The Morgan fingerprint density at radius 2 is 1.96 bits per heavy atom. The summed E-state index contributed by atoms with van der Waals surface area (Å²) in [5.74, 6) is -1.86. The third-order valence-electron chi connectivity index (χ3n) is 2.98. The second-order valence-electron chi connectivity index (χ2n) is 6.29. The summed E-state index contributed by atoms with van der Waals surface area (Å²) in [4.78, 5) is 26.8. The normalized spacial score (nSPS) is 12.5. The molecule has 2 aromatic rings. The zero-order valence-corrected chi connectivity index (χ0v) is 14.7. The molecule has 134 valence electrons. The zero-order valence-electron chi connectivity index (χ0n) is 13.9. The number of carboxylic acid groups (broad SMARTS) is 1. The van der Waals surface area contributed by atoms with Gasteiger partial charge in [-0.3, -0.25) is 0 Å². The Bertz CT molecular complexity index is 752. The fourth-order valence-electron chi connectivity index (χ4n) is 1.98. The first-order valence-electron chi connectivity index (χ1n) is 7.45. The minimum atomic E-state index is -1.35. The Balaban J connectivity index is 2.21. The van der Waals surface area contributed by atoms with Crippen LogP contribution in [-0.4, -0.2) is 32.9 Å². The number of amides is 1. The molecule has 1 aromatic carbocycles. The number of aromatic carboxylic acids is 1. The van der Waals surface area contributed by atoms with Gasteiger partial charge in [-0.05, 0) is 38.5 Å². The maximum atomic E-state index is 12.1. The smallest absolute Gasteiger partial charge is 0.408 e. The quantitative estimate of drug-likeness (QED) is 0.833. The summed E-state index contributed by atoms with van der Waals surface area (Å²) in [6, 6.07) is 6.25. The lowest BCUT2D eigenvalue weighted by molar-refractivity contribution is 0.0499. The highest BCUT2D eigenvalue weighted by atomic mass is 35.5. The van der Waals surface area contributed by atoms with Gasteiger partial charge in [0.05, 0.1) is 6.04 Å². The molecule has 9 heteroatoms. The van der Waals surface area contributed by atoms with Gasteiger partial charge in [-0.25, -0.2) is 9.59 Å². The summed E-state index contributed by atoms with van der Waals surface area (Å²) < 4.78 is 9.90. The summed E-state index contributed by atoms with van der Waals surface area (Å²) in [5.41, 5.74) is 0.158. The standard InChI is InChI=1S/C16H18ClN3O5/c1-16(2,3)24-15(23)18-11(8-9-4-6-10(17)7-5-9)12-19-13(14(21)22)25-20-12/h4-7,11H,8H2,1-3H3,(H,18,23)(H,21,22)/t11-/m0/s1. The van der Waals surface area contributed by atoms with Gasteiger partial charge >= 0.3 is 18.0 Å². The lowest BCUT2D eigenvalue weighted by atomic mass is 10.1. The Hall–Kier alpha value is -2.61. The fourth-order valence-corrected chi connectivity index (χ4v) is 2.10. The number of nitrogens with zero attached hydrogens (tertiary/aromatic N) is 2. The maximum Gasteiger partial charge on any atom is 0.408 e. The summed E-state index contributed by atoms with van der Waals surface area (Å²) in [6.07, 6.45) is -0.372. The number of ether oxygens (including phenoxy) is 1. The van der Waals surface area contributed by atoms with Gasteiger partial charge in [0, 0.05) is 11.4 Å². The monoisotopic (exact) mass is 367 g/mol. The van der Waals surface area contributed by atoms with Crippen molar-refractivity contribution < 1.29 is 24.0 Å². The first-order chi connectivity index (χ1) is 11.6. The molecule has 0 aliphatic carbocycles. The molecular weight excluding hydrogens is 350 g/mol. The molecule has 0 fully saturated rings. The van der Waals surface area contributed by atoms with Crippen LogP contribution >= 0.6 is 11.6 Å². The van der Waals surface area contributed by atoms with Crippen molar-refractivity contribution in [3.63, 3.8) is 0 Å². The number of nitrogens with one attached hydrogen (secondary N) is 1. The number of benzene rings is 1. The van der Waals surface area contributed by atoms with Crippen LogP contribution in [0.5, 0.6) is 0 Å². The van der Waals surface area contributed by atoms with Gasteiger partial charge in [0.1, 0.15) is 5.60 Å². The Kier molecular flexibility index (Phi) is 5.63. The molecule has 1 atom stereocenters. The van der Waals surface area contributed by atoms with Crippen molar-refractivity contribution in [2.75, 3.05) is 0 Å². The van der Waals surface area contributed by atoms with E-state index in [0.717, 1.165) is 5.56 Å². The van der Waals surface area contributed by atoms with Gasteiger partial charge in [-0.2, -0.15) is 4.98 Å². The first-order valence-corrected chi connectivity index (χ1v) is 7.83. The predicted octanol–water partition coefficient (Wildman–Crippen LogP) is 3.23. The van der Waals surface area contributed by atoms with Crippen LogP contribution in [0.2, 0.25) is 5.02 Å². The molecule has 1 heterocycles. The molecule has 1 amide bonds. The van der Waals surface area contributed by atoms with Crippen LogP contribution in [-0.2, 0) is 11.2 Å². The van der Waals surface area contributed by atoms with E-state index in [9.17, 15) is 9.59 Å². The van der Waals surface area contributed by atoms with E-state index in [0.29, 0.717) is 11.4 Å². The van der Waals surface area contributed by atoms with Gasteiger partial charge in [-0.15, -0.1) is 0 Å². The number of carbonyl (C=O) groups excluding carboxylic acids is 1. The molecule has 0 unspecified atom stereocenters. The van der Waals surface area contributed by atoms with E-state index in [-0.39, 0.29) is 5.82 Å². The molecule has 0 spiro atoms. The largest absolute Gasteiger partial charge is 0.474 e. The van der Waals surface area contributed by atoms with Crippen molar-refractivity contribution >= 4 is 23.7 Å². The van der Waals surface area contributed by atoms with Gasteiger partial charge in [0.2, 0.25) is 0 Å². The molecule has 0 bridgehead atoms. The van der Waals surface area contributed by atoms with Crippen LogP contribution in [0.3, 0.4) is 0 Å². The second-order valence-corrected chi connectivity index (χ2v) is 6.73. The van der Waals surface area contributed by atoms with Crippen LogP contribution in [0.25, 0.3) is 0 Å². The molecule has 8 nitrogen and oxygen atoms in total. The van der Waals surface area contributed by atoms with Crippen molar-refractivity contribution in [1.29, 1.82) is 0 Å². The maximum absolute atomic E-state index is 12.1. The van der Waals surface area contributed by atoms with Crippen molar-refractivity contribution in [1.82, 2.24) is 15.5 Å². The van der Waals surface area contributed by atoms with Crippen molar-refractivity contribution in [3.05, 3.63) is 46.6 Å². The number of rotatable bonds is 5. The zero-order chi connectivity index (χ0) is 18.6. The van der Waals surface area contributed by atoms with E-state index in [4.69, 9.17) is 21.4 Å². The third-order valence-corrected chi connectivity index (χ3v) is 3.23. The van der Waals surface area contributed by atoms with Gasteiger partial charge < -0.3 is 19.7 Å². The number of aromatic nitrogens is 2. The van der Waals surface area contributed by atoms with Crippen LogP contribution < -0.4 is 5.32 Å². The number of alkyl carbamates (subject to hydrolysis) is 1. The van der Waals surface area contributed by atoms with Crippen LogP contribution in [0.4, 0.5) is 4.79 Å². The summed E-state index contributed by atoms with van der Waals surface area (Å²) in [6.45, 7) is 5.20. The molecular formula is C16H18ClN3O5. The molecule has 0 radical (unpaired) electrons. The fraction of sp³-hybridized carbons (Fsp3) is 0.375. The van der Waals surface area contributed by atoms with E-state index in [2.05, 4.69) is 20.0 Å². The highest BCUT2D eigenvalue weighted by molar-refractivity contribution is 6.30. The van der Waals surface area contributed by atoms with E-state index in [1.165, 1.54) is 0 Å². The average Bonchev–Trinajstić information content (AvgIpc) is 2.97. The van der Waals surface area contributed by atoms with Crippen LogP contribution in [0, 0.1) is 0 Å². The van der Waals surface area contributed by atoms with E-state index in [1.54, 1.807) is 45.0 Å². The predicted molar refractivity (Wildman–Crippen MR) is 88.5 cm³/mol. The van der Waals surface area contributed by atoms with Crippen molar-refractivity contribution in [2.45, 2.75) is 38.8 Å². The number of halogens is 1. The first kappa shape index (κ1) is 18.7. The molecule has 0 aliphatic rings. The Labute approximate surface area is 149 Å². The van der Waals surface area contributed by atoms with Crippen LogP contribution in [0.15, 0.2) is 28.8 Å². The molecule has 0 saturated carbocycles. The van der Waals surface area contributed by atoms with E-state index >= 15 is 0 Å². The lowest BCUT2D eigenvalue weighted by Crippen LogP contribution is -2.36. The van der Waals surface area contributed by atoms with Crippen molar-refractivity contribution in [2.24, 2.45) is 0 Å². The molecule has 0 saturated heterocycles. The molecule has 25 heavy (non-hydrogen) atoms. The second kappa shape index (κ2) is 7.52. The van der Waals surface area contributed by atoms with Gasteiger partial charge in [-0.1, -0.05) is 28.9 Å². The van der Waals surface area contributed by atoms with Crippen LogP contribution in [0.1, 0.15) is 48.9 Å². The lowest BCUT2D eigenvalue weighted by Gasteiger charge is -2.22. The number of hydrogen-bond donors (Lipinski definition) is 2. The molecule has 1 aromatic heterocycles. The third kappa shape index (κ3) is 5.75. The van der Waals surface area contributed by atoms with E-state index in [1.807, 2.05) is 0 Å². The average molecular weight is 368 g/mol.